The third-order valence-corrected chi connectivity index (χ3v) is 7.12. The highest BCUT2D eigenvalue weighted by Gasteiger charge is 2.15. The quantitative estimate of drug-likeness (QED) is 0.0703. The van der Waals surface area contributed by atoms with Crippen molar-refractivity contribution in [2.45, 2.75) is 39.5 Å². The minimum absolute atomic E-state index is 0.149. The molecule has 4 aromatic rings. The number of urea groups is 1. The predicted octanol–water partition coefficient (Wildman–Crippen LogP) is 6.59. The van der Waals surface area contributed by atoms with Crippen LogP contribution in [0.3, 0.4) is 0 Å². The van der Waals surface area contributed by atoms with E-state index in [-0.39, 0.29) is 22.6 Å². The van der Waals surface area contributed by atoms with Gasteiger partial charge in [-0.25, -0.2) is 9.78 Å². The minimum atomic E-state index is -0.411. The van der Waals surface area contributed by atoms with E-state index in [1.54, 1.807) is 48.7 Å². The van der Waals surface area contributed by atoms with Gasteiger partial charge in [-0.2, -0.15) is 0 Å². The number of aryl methyl sites for hydroxylation is 2. The van der Waals surface area contributed by atoms with Gasteiger partial charge in [-0.15, -0.1) is 0 Å². The van der Waals surface area contributed by atoms with Crippen molar-refractivity contribution in [3.05, 3.63) is 112 Å². The number of nitrogens with one attached hydrogen (secondary N) is 4. The molecule has 0 fully saturated rings. The van der Waals surface area contributed by atoms with E-state index in [2.05, 4.69) is 31.2 Å². The summed E-state index contributed by atoms with van der Waals surface area (Å²) in [4.78, 5) is 57.5. The van der Waals surface area contributed by atoms with Crippen LogP contribution in [0.15, 0.2) is 79.1 Å². The topological polar surface area (TPSA) is 142 Å². The minimum Gasteiger partial charge on any atom is -0.384 e. The average molecular weight is 627 g/mol. The number of carbonyl (C=O) groups excluding carboxylic acids is 4. The molecule has 0 unspecified atom stereocenters. The Labute approximate surface area is 267 Å². The average Bonchev–Trinajstić information content (AvgIpc) is 3.01. The summed E-state index contributed by atoms with van der Waals surface area (Å²) in [6.07, 6.45) is 5.94. The number of ketones is 2. The lowest BCUT2D eigenvalue weighted by atomic mass is 9.99. The van der Waals surface area contributed by atoms with Gasteiger partial charge in [-0.3, -0.25) is 19.4 Å². The van der Waals surface area contributed by atoms with Gasteiger partial charge in [-0.05, 0) is 87.6 Å². The highest BCUT2D eigenvalue weighted by atomic mass is 35.5. The summed E-state index contributed by atoms with van der Waals surface area (Å²) in [7, 11) is 0. The molecule has 4 N–H and O–H groups in total. The van der Waals surface area contributed by atoms with Crippen LogP contribution in [0.4, 0.5) is 21.9 Å². The van der Waals surface area contributed by atoms with Crippen LogP contribution in [0.5, 0.6) is 0 Å². The molecule has 0 aliphatic rings. The lowest BCUT2D eigenvalue weighted by Crippen LogP contribution is -2.25. The Morgan fingerprint density at radius 3 is 2.20 bits per heavy atom. The van der Waals surface area contributed by atoms with Crippen molar-refractivity contribution in [3.8, 4) is 0 Å². The fraction of sp³-hybridized carbons (Fsp3) is 0.235. The van der Waals surface area contributed by atoms with Gasteiger partial charge < -0.3 is 21.3 Å². The molecule has 0 radical (unpaired) electrons. The number of aromatic nitrogens is 2. The first-order valence-electron chi connectivity index (χ1n) is 14.6. The van der Waals surface area contributed by atoms with Crippen LogP contribution in [0.1, 0.15) is 69.0 Å². The van der Waals surface area contributed by atoms with E-state index < -0.39 is 6.03 Å². The second-order valence-corrected chi connectivity index (χ2v) is 10.8. The van der Waals surface area contributed by atoms with Gasteiger partial charge in [-0.1, -0.05) is 35.9 Å². The molecular weight excluding hydrogens is 592 g/mol. The van der Waals surface area contributed by atoms with Gasteiger partial charge >= 0.3 is 6.03 Å². The lowest BCUT2D eigenvalue weighted by molar-refractivity contribution is 0.0951. The van der Waals surface area contributed by atoms with Gasteiger partial charge in [0.15, 0.2) is 11.6 Å². The standard InChI is InChI=1S/C34H35ClN6O4/c1-22(42)29-9-6-10-30(32(29)23(2)43)37-15-3-4-16-39-33(44)25-8-5-7-24(19-25)11-12-26-20-27(13-17-36-26)40-34(45)41-28-14-18-38-31(35)21-28/h5-10,13-14,17-21,37H,3-4,11-12,15-16H2,1-2H3,(H,39,44)(H2,36,38,40,41,45). The molecule has 2 aromatic heterocycles. The monoisotopic (exact) mass is 626 g/mol. The maximum absolute atomic E-state index is 12.8. The van der Waals surface area contributed by atoms with Crippen molar-refractivity contribution in [2.24, 2.45) is 0 Å². The largest absolute Gasteiger partial charge is 0.384 e. The number of rotatable bonds is 14. The molecule has 0 aliphatic heterocycles. The Hall–Kier alpha value is -5.09. The van der Waals surface area contributed by atoms with Crippen LogP contribution in [-0.2, 0) is 12.8 Å². The van der Waals surface area contributed by atoms with E-state index in [0.29, 0.717) is 59.7 Å². The number of unbranched alkanes of at least 4 members (excludes halogenated alkanes) is 1. The van der Waals surface area contributed by atoms with Crippen molar-refractivity contribution in [1.29, 1.82) is 0 Å². The van der Waals surface area contributed by atoms with Gasteiger partial charge in [0.1, 0.15) is 5.15 Å². The first-order valence-corrected chi connectivity index (χ1v) is 15.0. The van der Waals surface area contributed by atoms with Crippen molar-refractivity contribution in [3.63, 3.8) is 0 Å². The molecule has 11 heteroatoms. The van der Waals surface area contributed by atoms with Crippen LogP contribution in [0.25, 0.3) is 0 Å². The van der Waals surface area contributed by atoms with E-state index >= 15 is 0 Å². The van der Waals surface area contributed by atoms with Crippen molar-refractivity contribution < 1.29 is 19.2 Å². The number of nitrogens with zero attached hydrogens (tertiary/aromatic N) is 2. The Morgan fingerprint density at radius 2 is 1.47 bits per heavy atom. The molecule has 10 nitrogen and oxygen atoms in total. The molecule has 2 heterocycles. The van der Waals surface area contributed by atoms with Crippen molar-refractivity contribution in [2.75, 3.05) is 29.0 Å². The van der Waals surface area contributed by atoms with Gasteiger partial charge in [0, 0.05) is 59.4 Å². The highest BCUT2D eigenvalue weighted by molar-refractivity contribution is 6.29. The molecule has 232 valence electrons. The SMILES string of the molecule is CC(=O)c1cccc(NCCCCNC(=O)c2cccc(CCc3cc(NC(=O)Nc4ccnc(Cl)c4)ccn3)c2)c1C(C)=O. The number of hydrogen-bond donors (Lipinski definition) is 4. The Morgan fingerprint density at radius 1 is 0.756 bits per heavy atom. The van der Waals surface area contributed by atoms with Crippen LogP contribution >= 0.6 is 11.6 Å². The third-order valence-electron chi connectivity index (χ3n) is 6.92. The fourth-order valence-corrected chi connectivity index (χ4v) is 4.93. The Bertz CT molecular complexity index is 1690. The first kappa shape index (κ1) is 32.8. The highest BCUT2D eigenvalue weighted by Crippen LogP contribution is 2.22. The summed E-state index contributed by atoms with van der Waals surface area (Å²) in [5.74, 6) is -0.457. The van der Waals surface area contributed by atoms with Crippen molar-refractivity contribution in [1.82, 2.24) is 15.3 Å². The predicted molar refractivity (Wildman–Crippen MR) is 176 cm³/mol. The van der Waals surface area contributed by atoms with E-state index in [9.17, 15) is 19.2 Å². The number of anilines is 3. The number of carbonyl (C=O) groups is 4. The second-order valence-electron chi connectivity index (χ2n) is 10.4. The molecule has 0 aliphatic carbocycles. The maximum Gasteiger partial charge on any atom is 0.323 e. The third kappa shape index (κ3) is 9.97. The van der Waals surface area contributed by atoms with Gasteiger partial charge in [0.25, 0.3) is 5.91 Å². The molecule has 0 saturated carbocycles. The summed E-state index contributed by atoms with van der Waals surface area (Å²) in [5.41, 5.74) is 4.97. The summed E-state index contributed by atoms with van der Waals surface area (Å²) in [6, 6.07) is 19.0. The Kier molecular flexibility index (Phi) is 11.8. The lowest BCUT2D eigenvalue weighted by Gasteiger charge is -2.13. The summed E-state index contributed by atoms with van der Waals surface area (Å²) < 4.78 is 0. The van der Waals surface area contributed by atoms with Crippen LogP contribution in [-0.4, -0.2) is 46.6 Å². The van der Waals surface area contributed by atoms with E-state index in [4.69, 9.17) is 11.6 Å². The normalized spacial score (nSPS) is 10.6. The maximum atomic E-state index is 12.8. The Balaban J connectivity index is 1.21. The fourth-order valence-electron chi connectivity index (χ4n) is 4.76. The zero-order valence-corrected chi connectivity index (χ0v) is 25.9. The van der Waals surface area contributed by atoms with Crippen LogP contribution in [0.2, 0.25) is 5.15 Å². The molecule has 4 rings (SSSR count). The second kappa shape index (κ2) is 16.1. The number of Topliss-reactive ketones (excluding diaryl/α,β-unsaturated/α-hetero) is 2. The van der Waals surface area contributed by atoms with Gasteiger partial charge in [0.05, 0.1) is 5.56 Å². The molecule has 0 bridgehead atoms. The molecular formula is C34H35ClN6O4. The number of hydrogen-bond acceptors (Lipinski definition) is 7. The van der Waals surface area contributed by atoms with E-state index in [1.807, 2.05) is 24.3 Å². The molecule has 0 saturated heterocycles. The summed E-state index contributed by atoms with van der Waals surface area (Å²) >= 11 is 5.87. The number of amides is 3. The summed E-state index contributed by atoms with van der Waals surface area (Å²) in [5, 5.41) is 12.0. The number of benzene rings is 2. The number of pyridine rings is 2. The molecule has 45 heavy (non-hydrogen) atoms. The zero-order valence-electron chi connectivity index (χ0n) is 25.2. The van der Waals surface area contributed by atoms with Crippen LogP contribution < -0.4 is 21.3 Å². The van der Waals surface area contributed by atoms with Gasteiger partial charge in [0.2, 0.25) is 0 Å². The smallest absolute Gasteiger partial charge is 0.323 e. The molecule has 2 aromatic carbocycles. The number of halogens is 1. The first-order chi connectivity index (χ1) is 21.7. The van der Waals surface area contributed by atoms with Crippen LogP contribution in [0, 0.1) is 0 Å². The molecule has 0 spiro atoms. The van der Waals surface area contributed by atoms with Crippen molar-refractivity contribution >= 4 is 52.2 Å². The summed E-state index contributed by atoms with van der Waals surface area (Å²) in [6.45, 7) is 4.01. The zero-order chi connectivity index (χ0) is 32.2. The molecule has 3 amide bonds. The van der Waals surface area contributed by atoms with E-state index in [1.165, 1.54) is 20.0 Å². The molecule has 0 atom stereocenters. The van der Waals surface area contributed by atoms with E-state index in [0.717, 1.165) is 24.1 Å².